The topological polar surface area (TPSA) is 57.5 Å². The van der Waals surface area contributed by atoms with Crippen molar-refractivity contribution in [3.63, 3.8) is 0 Å². The minimum Gasteiger partial charge on any atom is -0.390 e. The van der Waals surface area contributed by atoms with Gasteiger partial charge in [-0.15, -0.1) is 0 Å². The van der Waals surface area contributed by atoms with E-state index >= 15 is 0 Å². The van der Waals surface area contributed by atoms with E-state index in [0.717, 1.165) is 17.3 Å². The summed E-state index contributed by atoms with van der Waals surface area (Å²) in [6.07, 6.45) is -2.11. The third-order valence-electron chi connectivity index (χ3n) is 2.56. The Morgan fingerprint density at radius 1 is 1.44 bits per heavy atom. The number of carbonyl (C=O) groups excluding carboxylic acids is 1. The average molecular weight is 272 g/mol. The molecule has 2 unspecified atom stereocenters. The van der Waals surface area contributed by atoms with Crippen LogP contribution in [0.15, 0.2) is 18.2 Å². The zero-order valence-corrected chi connectivity index (χ0v) is 11.2. The van der Waals surface area contributed by atoms with E-state index in [0.29, 0.717) is 5.75 Å². The van der Waals surface area contributed by atoms with Crippen LogP contribution in [0.2, 0.25) is 0 Å². The molecule has 1 rings (SSSR count). The molecule has 0 heterocycles. The molecule has 0 fully saturated rings. The first-order valence-corrected chi connectivity index (χ1v) is 6.66. The lowest BCUT2D eigenvalue weighted by Crippen LogP contribution is -2.20. The van der Waals surface area contributed by atoms with E-state index in [1.54, 1.807) is 13.0 Å². The van der Waals surface area contributed by atoms with E-state index in [2.05, 4.69) is 0 Å². The fourth-order valence-electron chi connectivity index (χ4n) is 1.56. The van der Waals surface area contributed by atoms with Crippen LogP contribution >= 0.6 is 11.8 Å². The number of aliphatic hydroxyl groups is 2. The highest BCUT2D eigenvalue weighted by Gasteiger charge is 2.21. The summed E-state index contributed by atoms with van der Waals surface area (Å²) in [4.78, 5) is 10.7. The lowest BCUT2D eigenvalue weighted by molar-refractivity contribution is -0.109. The molecule has 1 aromatic carbocycles. The molecule has 0 bridgehead atoms. The predicted molar refractivity (Wildman–Crippen MR) is 69.9 cm³/mol. The first kappa shape index (κ1) is 15.1. The van der Waals surface area contributed by atoms with Gasteiger partial charge in [-0.2, -0.15) is 0 Å². The van der Waals surface area contributed by atoms with Crippen molar-refractivity contribution in [2.24, 2.45) is 0 Å². The van der Waals surface area contributed by atoms with Gasteiger partial charge in [-0.3, -0.25) is 4.79 Å². The summed E-state index contributed by atoms with van der Waals surface area (Å²) in [6.45, 7) is 3.19. The van der Waals surface area contributed by atoms with Crippen LogP contribution in [0.5, 0.6) is 0 Å². The number of thioether (sulfide) groups is 1. The lowest BCUT2D eigenvalue weighted by Gasteiger charge is -2.18. The minimum atomic E-state index is -1.27. The van der Waals surface area contributed by atoms with Gasteiger partial charge < -0.3 is 10.2 Å². The highest BCUT2D eigenvalue weighted by atomic mass is 32.2. The SMILES string of the molecule is CC(=O)SCCC(O)C(O)c1ccc(C)cc1F. The normalized spacial score (nSPS) is 14.3. The molecule has 0 saturated heterocycles. The average Bonchev–Trinajstić information content (AvgIpc) is 2.27. The zero-order valence-electron chi connectivity index (χ0n) is 10.4. The van der Waals surface area contributed by atoms with Crippen molar-refractivity contribution >= 4 is 16.9 Å². The maximum Gasteiger partial charge on any atom is 0.185 e. The molecule has 0 aliphatic rings. The molecule has 0 saturated carbocycles. The maximum atomic E-state index is 13.6. The monoisotopic (exact) mass is 272 g/mol. The molecule has 0 spiro atoms. The minimum absolute atomic E-state index is 0.0433. The van der Waals surface area contributed by atoms with Gasteiger partial charge in [0.2, 0.25) is 0 Å². The van der Waals surface area contributed by atoms with Crippen LogP contribution in [-0.2, 0) is 4.79 Å². The molecule has 100 valence electrons. The number of rotatable bonds is 5. The van der Waals surface area contributed by atoms with Crippen molar-refractivity contribution in [3.8, 4) is 0 Å². The second-order valence-corrected chi connectivity index (χ2v) is 5.44. The Labute approximate surface area is 110 Å². The first-order valence-electron chi connectivity index (χ1n) is 5.67. The Kier molecular flexibility index (Phi) is 5.78. The van der Waals surface area contributed by atoms with Gasteiger partial charge in [0.1, 0.15) is 11.9 Å². The summed E-state index contributed by atoms with van der Waals surface area (Å²) in [6, 6.07) is 4.46. The predicted octanol–water partition coefficient (Wildman–Crippen LogP) is 2.20. The molecule has 0 aromatic heterocycles. The standard InChI is InChI=1S/C13H17FO3S/c1-8-3-4-10(11(14)7-8)13(17)12(16)5-6-18-9(2)15/h3-4,7,12-13,16-17H,5-6H2,1-2H3. The molecule has 5 heteroatoms. The van der Waals surface area contributed by atoms with Gasteiger partial charge in [-0.25, -0.2) is 4.39 Å². The van der Waals surface area contributed by atoms with E-state index < -0.39 is 18.0 Å². The number of hydrogen-bond donors (Lipinski definition) is 2. The van der Waals surface area contributed by atoms with E-state index in [1.165, 1.54) is 19.1 Å². The van der Waals surface area contributed by atoms with Crippen molar-refractivity contribution in [2.75, 3.05) is 5.75 Å². The highest BCUT2D eigenvalue weighted by Crippen LogP contribution is 2.23. The second kappa shape index (κ2) is 6.87. The lowest BCUT2D eigenvalue weighted by atomic mass is 10.0. The number of hydrogen-bond acceptors (Lipinski definition) is 4. The molecule has 0 aliphatic heterocycles. The Hall–Kier alpha value is -0.910. The van der Waals surface area contributed by atoms with Crippen molar-refractivity contribution < 1.29 is 19.4 Å². The highest BCUT2D eigenvalue weighted by molar-refractivity contribution is 8.13. The second-order valence-electron chi connectivity index (χ2n) is 4.17. The Morgan fingerprint density at radius 3 is 2.67 bits per heavy atom. The molecule has 3 nitrogen and oxygen atoms in total. The van der Waals surface area contributed by atoms with Crippen LogP contribution in [-0.4, -0.2) is 27.2 Å². The number of carbonyl (C=O) groups is 1. The van der Waals surface area contributed by atoms with Gasteiger partial charge in [-0.05, 0) is 25.0 Å². The molecular formula is C13H17FO3S. The zero-order chi connectivity index (χ0) is 13.7. The van der Waals surface area contributed by atoms with Crippen molar-refractivity contribution in [2.45, 2.75) is 32.5 Å². The van der Waals surface area contributed by atoms with Gasteiger partial charge >= 0.3 is 0 Å². The van der Waals surface area contributed by atoms with E-state index in [1.807, 2.05) is 0 Å². The number of aliphatic hydroxyl groups excluding tert-OH is 2. The molecule has 18 heavy (non-hydrogen) atoms. The third-order valence-corrected chi connectivity index (χ3v) is 3.40. The Morgan fingerprint density at radius 2 is 2.11 bits per heavy atom. The van der Waals surface area contributed by atoms with Crippen LogP contribution in [0.1, 0.15) is 30.6 Å². The largest absolute Gasteiger partial charge is 0.390 e. The van der Waals surface area contributed by atoms with Crippen LogP contribution in [0.3, 0.4) is 0 Å². The van der Waals surface area contributed by atoms with Crippen LogP contribution < -0.4 is 0 Å². The molecule has 0 amide bonds. The third kappa shape index (κ3) is 4.40. The van der Waals surface area contributed by atoms with Gasteiger partial charge in [0, 0.05) is 18.2 Å². The maximum absolute atomic E-state index is 13.6. The summed E-state index contributed by atoms with van der Waals surface area (Å²) < 4.78 is 13.6. The van der Waals surface area contributed by atoms with Crippen LogP contribution in [0.4, 0.5) is 4.39 Å². The van der Waals surface area contributed by atoms with Gasteiger partial charge in [-0.1, -0.05) is 23.9 Å². The number of benzene rings is 1. The molecule has 0 aliphatic carbocycles. The summed E-state index contributed by atoms with van der Waals surface area (Å²) in [7, 11) is 0. The Bertz CT molecular complexity index is 423. The van der Waals surface area contributed by atoms with Crippen LogP contribution in [0.25, 0.3) is 0 Å². The molecule has 1 aromatic rings. The molecule has 0 radical (unpaired) electrons. The van der Waals surface area contributed by atoms with Crippen LogP contribution in [0, 0.1) is 12.7 Å². The van der Waals surface area contributed by atoms with E-state index in [4.69, 9.17) is 0 Å². The quantitative estimate of drug-likeness (QED) is 0.862. The number of aryl methyl sites for hydroxylation is 1. The smallest absolute Gasteiger partial charge is 0.185 e. The van der Waals surface area contributed by atoms with Gasteiger partial charge in [0.15, 0.2) is 5.12 Å². The molecule has 2 atom stereocenters. The summed E-state index contributed by atoms with van der Waals surface area (Å²) in [5.74, 6) is -0.123. The van der Waals surface area contributed by atoms with Gasteiger partial charge in [0.25, 0.3) is 0 Å². The van der Waals surface area contributed by atoms with Crippen molar-refractivity contribution in [1.29, 1.82) is 0 Å². The fraction of sp³-hybridized carbons (Fsp3) is 0.462. The fourth-order valence-corrected chi connectivity index (χ4v) is 2.21. The van der Waals surface area contributed by atoms with Crippen molar-refractivity contribution in [1.82, 2.24) is 0 Å². The summed E-state index contributed by atoms with van der Waals surface area (Å²) in [5.41, 5.74) is 0.839. The van der Waals surface area contributed by atoms with E-state index in [-0.39, 0.29) is 17.1 Å². The number of halogens is 1. The molecule has 2 N–H and O–H groups in total. The Balaban J connectivity index is 2.62. The van der Waals surface area contributed by atoms with E-state index in [9.17, 15) is 19.4 Å². The summed E-state index contributed by atoms with van der Waals surface area (Å²) in [5, 5.41) is 19.5. The van der Waals surface area contributed by atoms with Gasteiger partial charge in [0.05, 0.1) is 6.10 Å². The molecular weight excluding hydrogens is 255 g/mol. The van der Waals surface area contributed by atoms with Crippen molar-refractivity contribution in [3.05, 3.63) is 35.1 Å². The first-order chi connectivity index (χ1) is 8.41. The summed E-state index contributed by atoms with van der Waals surface area (Å²) >= 11 is 1.08.